The van der Waals surface area contributed by atoms with Crippen LogP contribution < -0.4 is 0 Å². The van der Waals surface area contributed by atoms with E-state index in [0.717, 1.165) is 0 Å². The number of rotatable bonds is 3. The Bertz CT molecular complexity index is 745. The van der Waals surface area contributed by atoms with Crippen molar-refractivity contribution in [1.29, 1.82) is 0 Å². The van der Waals surface area contributed by atoms with Crippen LogP contribution in [0.4, 0.5) is 0 Å². The first-order valence-corrected chi connectivity index (χ1v) is 8.02. The van der Waals surface area contributed by atoms with Gasteiger partial charge in [0, 0.05) is 10.6 Å². The molecule has 0 amide bonds. The van der Waals surface area contributed by atoms with Gasteiger partial charge in [-0.15, -0.1) is 0 Å². The van der Waals surface area contributed by atoms with Gasteiger partial charge >= 0.3 is 5.97 Å². The van der Waals surface area contributed by atoms with Crippen LogP contribution in [0.15, 0.2) is 24.3 Å². The summed E-state index contributed by atoms with van der Waals surface area (Å²) < 4.78 is 5.15. The van der Waals surface area contributed by atoms with Crippen molar-refractivity contribution >= 4 is 75.6 Å². The van der Waals surface area contributed by atoms with Crippen LogP contribution in [0.25, 0.3) is 0 Å². The molecule has 22 heavy (non-hydrogen) atoms. The third-order valence-electron chi connectivity index (χ3n) is 2.73. The second-order valence-corrected chi connectivity index (χ2v) is 6.50. The maximum atomic E-state index is 12.2. The van der Waals surface area contributed by atoms with Crippen LogP contribution in [0, 0.1) is 0 Å². The largest absolute Gasteiger partial charge is 0.457 e. The Kier molecular flexibility index (Phi) is 6.12. The normalized spacial score (nSPS) is 10.6. The molecule has 0 spiro atoms. The molecule has 0 N–H and O–H groups in total. The predicted octanol–water partition coefficient (Wildman–Crippen LogP) is 6.96. The standard InChI is InChI=1S/C14H6Cl6O2/c15-7-1-3-9(17)12(19)6(7)5-22-14(21)11-8(16)2-4-10(18)13(11)20/h1-4H,5H2. The van der Waals surface area contributed by atoms with Gasteiger partial charge in [-0.2, -0.15) is 0 Å². The van der Waals surface area contributed by atoms with Gasteiger partial charge in [-0.25, -0.2) is 4.79 Å². The minimum atomic E-state index is -0.746. The van der Waals surface area contributed by atoms with Crippen LogP contribution >= 0.6 is 69.6 Å². The second-order valence-electron chi connectivity index (χ2n) is 4.12. The first-order chi connectivity index (χ1) is 10.3. The molecule has 2 aromatic rings. The van der Waals surface area contributed by atoms with E-state index in [-0.39, 0.29) is 32.3 Å². The van der Waals surface area contributed by atoms with Crippen molar-refractivity contribution in [2.75, 3.05) is 0 Å². The minimum absolute atomic E-state index is 0.0162. The fraction of sp³-hybridized carbons (Fsp3) is 0.0714. The van der Waals surface area contributed by atoms with E-state index in [4.69, 9.17) is 74.3 Å². The van der Waals surface area contributed by atoms with Crippen LogP contribution in [0.5, 0.6) is 0 Å². The van der Waals surface area contributed by atoms with Gasteiger partial charge in [0.15, 0.2) is 0 Å². The van der Waals surface area contributed by atoms with E-state index in [1.165, 1.54) is 12.1 Å². The van der Waals surface area contributed by atoms with Crippen LogP contribution in [0.3, 0.4) is 0 Å². The summed E-state index contributed by atoms with van der Waals surface area (Å²) in [6.45, 7) is -0.184. The highest BCUT2D eigenvalue weighted by molar-refractivity contribution is 6.46. The van der Waals surface area contributed by atoms with Crippen molar-refractivity contribution in [3.63, 3.8) is 0 Å². The van der Waals surface area contributed by atoms with Crippen molar-refractivity contribution in [3.8, 4) is 0 Å². The molecule has 0 aromatic heterocycles. The number of hydrogen-bond donors (Lipinski definition) is 0. The van der Waals surface area contributed by atoms with Crippen LogP contribution in [-0.2, 0) is 11.3 Å². The fourth-order valence-corrected chi connectivity index (χ4v) is 2.96. The number of halogens is 6. The van der Waals surface area contributed by atoms with Gasteiger partial charge in [0.2, 0.25) is 0 Å². The van der Waals surface area contributed by atoms with Crippen LogP contribution in [-0.4, -0.2) is 5.97 Å². The second kappa shape index (κ2) is 7.48. The van der Waals surface area contributed by atoms with E-state index in [1.54, 1.807) is 12.1 Å². The molecule has 2 rings (SSSR count). The Morgan fingerprint density at radius 3 is 1.91 bits per heavy atom. The average molecular weight is 419 g/mol. The molecule has 0 saturated heterocycles. The monoisotopic (exact) mass is 416 g/mol. The van der Waals surface area contributed by atoms with Gasteiger partial charge in [0.05, 0.1) is 30.7 Å². The van der Waals surface area contributed by atoms with E-state index in [9.17, 15) is 4.79 Å². The smallest absolute Gasteiger partial charge is 0.341 e. The molecular weight excluding hydrogens is 413 g/mol. The Morgan fingerprint density at radius 2 is 1.27 bits per heavy atom. The fourth-order valence-electron chi connectivity index (χ4n) is 1.63. The van der Waals surface area contributed by atoms with Crippen LogP contribution in [0.1, 0.15) is 15.9 Å². The molecular formula is C14H6Cl6O2. The summed E-state index contributed by atoms with van der Waals surface area (Å²) in [7, 11) is 0. The maximum absolute atomic E-state index is 12.2. The Balaban J connectivity index is 2.25. The third-order valence-corrected chi connectivity index (χ3v) is 5.05. The lowest BCUT2D eigenvalue weighted by Gasteiger charge is -2.11. The molecule has 0 fully saturated rings. The van der Waals surface area contributed by atoms with Gasteiger partial charge in [-0.1, -0.05) is 69.6 Å². The summed E-state index contributed by atoms with van der Waals surface area (Å²) in [5.74, 6) is -0.746. The Morgan fingerprint density at radius 1 is 0.773 bits per heavy atom. The molecule has 2 aromatic carbocycles. The maximum Gasteiger partial charge on any atom is 0.341 e. The zero-order valence-corrected chi connectivity index (χ0v) is 15.1. The van der Waals surface area contributed by atoms with Crippen molar-refractivity contribution in [1.82, 2.24) is 0 Å². The molecule has 0 heterocycles. The van der Waals surface area contributed by atoms with E-state index in [2.05, 4.69) is 0 Å². The van der Waals surface area contributed by atoms with Gasteiger partial charge in [0.1, 0.15) is 6.61 Å². The summed E-state index contributed by atoms with van der Waals surface area (Å²) in [6, 6.07) is 6.03. The number of carbonyl (C=O) groups is 1. The molecule has 0 radical (unpaired) electrons. The molecule has 0 aliphatic carbocycles. The van der Waals surface area contributed by atoms with Gasteiger partial charge in [-0.05, 0) is 24.3 Å². The predicted molar refractivity (Wildman–Crippen MR) is 92.1 cm³/mol. The number of ether oxygens (including phenoxy) is 1. The summed E-state index contributed by atoms with van der Waals surface area (Å²) in [4.78, 5) is 12.2. The molecule has 8 heteroatoms. The average Bonchev–Trinajstić information content (AvgIpc) is 2.47. The summed E-state index contributed by atoms with van der Waals surface area (Å²) in [6.07, 6.45) is 0. The van der Waals surface area contributed by atoms with Gasteiger partial charge in [-0.3, -0.25) is 0 Å². The van der Waals surface area contributed by atoms with Crippen LogP contribution in [0.2, 0.25) is 30.1 Å². The van der Waals surface area contributed by atoms with Gasteiger partial charge < -0.3 is 4.74 Å². The SMILES string of the molecule is O=C(OCc1c(Cl)ccc(Cl)c1Cl)c1c(Cl)ccc(Cl)c1Cl. The molecule has 116 valence electrons. The summed E-state index contributed by atoms with van der Waals surface area (Å²) >= 11 is 35.7. The topological polar surface area (TPSA) is 26.3 Å². The highest BCUT2D eigenvalue weighted by Crippen LogP contribution is 2.34. The molecule has 0 atom stereocenters. The quantitative estimate of drug-likeness (QED) is 0.397. The van der Waals surface area contributed by atoms with Crippen molar-refractivity contribution in [2.45, 2.75) is 6.61 Å². The van der Waals surface area contributed by atoms with E-state index >= 15 is 0 Å². The van der Waals surface area contributed by atoms with E-state index in [1.807, 2.05) is 0 Å². The van der Waals surface area contributed by atoms with E-state index < -0.39 is 5.97 Å². The van der Waals surface area contributed by atoms with Crippen molar-refractivity contribution < 1.29 is 9.53 Å². The number of carbonyl (C=O) groups excluding carboxylic acids is 1. The van der Waals surface area contributed by atoms with Gasteiger partial charge in [0.25, 0.3) is 0 Å². The highest BCUT2D eigenvalue weighted by Gasteiger charge is 2.20. The Labute approximate surface area is 156 Å². The lowest BCUT2D eigenvalue weighted by molar-refractivity contribution is 0.0473. The zero-order valence-electron chi connectivity index (χ0n) is 10.6. The van der Waals surface area contributed by atoms with E-state index in [0.29, 0.717) is 15.6 Å². The highest BCUT2D eigenvalue weighted by atomic mass is 35.5. The molecule has 0 aliphatic rings. The lowest BCUT2D eigenvalue weighted by Crippen LogP contribution is -2.08. The molecule has 0 bridgehead atoms. The molecule has 0 saturated carbocycles. The first-order valence-electron chi connectivity index (χ1n) is 5.76. The lowest BCUT2D eigenvalue weighted by atomic mass is 10.2. The zero-order chi connectivity index (χ0) is 16.4. The number of esters is 1. The minimum Gasteiger partial charge on any atom is -0.457 e. The number of hydrogen-bond acceptors (Lipinski definition) is 2. The Hall–Kier alpha value is -0.350. The third kappa shape index (κ3) is 3.76. The molecule has 0 aliphatic heterocycles. The van der Waals surface area contributed by atoms with Crippen molar-refractivity contribution in [3.05, 3.63) is 65.5 Å². The first kappa shape index (κ1) is 18.0. The van der Waals surface area contributed by atoms with Crippen molar-refractivity contribution in [2.24, 2.45) is 0 Å². The number of benzene rings is 2. The summed E-state index contributed by atoms with van der Waals surface area (Å²) in [5, 5.41) is 1.17. The summed E-state index contributed by atoms with van der Waals surface area (Å²) in [5.41, 5.74) is 0.364. The molecule has 0 unspecified atom stereocenters. The molecule has 2 nitrogen and oxygen atoms in total.